The highest BCUT2D eigenvalue weighted by molar-refractivity contribution is 5.31. The van der Waals surface area contributed by atoms with Gasteiger partial charge in [0.2, 0.25) is 0 Å². The first-order valence-electron chi connectivity index (χ1n) is 11.2. The molecule has 0 spiro atoms. The lowest BCUT2D eigenvalue weighted by molar-refractivity contribution is 0.289. The van der Waals surface area contributed by atoms with Gasteiger partial charge in [-0.15, -0.1) is 0 Å². The normalized spacial score (nSPS) is 20.3. The van der Waals surface area contributed by atoms with Gasteiger partial charge in [0.05, 0.1) is 6.61 Å². The van der Waals surface area contributed by atoms with Crippen LogP contribution in [0.25, 0.3) is 0 Å². The molecule has 1 saturated carbocycles. The SMILES string of the molecule is CCCCCCC[C@H]1CC[C@H](c2ccc(OCCCCC)c(F)c2)CC1. The van der Waals surface area contributed by atoms with Gasteiger partial charge in [0, 0.05) is 0 Å². The molecule has 0 aliphatic heterocycles. The molecule has 1 nitrogen and oxygen atoms in total. The summed E-state index contributed by atoms with van der Waals surface area (Å²) < 4.78 is 19.9. The molecule has 2 rings (SSSR count). The first kappa shape index (κ1) is 21.3. The van der Waals surface area contributed by atoms with Crippen molar-refractivity contribution >= 4 is 0 Å². The Morgan fingerprint density at radius 1 is 0.885 bits per heavy atom. The molecular formula is C24H39FO. The second-order valence-electron chi connectivity index (χ2n) is 8.17. The summed E-state index contributed by atoms with van der Waals surface area (Å²) in [5.74, 6) is 1.68. The Morgan fingerprint density at radius 2 is 1.58 bits per heavy atom. The number of rotatable bonds is 12. The number of ether oxygens (including phenoxy) is 1. The summed E-state index contributed by atoms with van der Waals surface area (Å²) in [4.78, 5) is 0. The molecule has 0 saturated heterocycles. The smallest absolute Gasteiger partial charge is 0.165 e. The predicted molar refractivity (Wildman–Crippen MR) is 109 cm³/mol. The zero-order valence-corrected chi connectivity index (χ0v) is 17.1. The fourth-order valence-corrected chi connectivity index (χ4v) is 4.24. The molecule has 0 amide bonds. The first-order valence-corrected chi connectivity index (χ1v) is 11.2. The fourth-order valence-electron chi connectivity index (χ4n) is 4.24. The monoisotopic (exact) mass is 362 g/mol. The van der Waals surface area contributed by atoms with Gasteiger partial charge < -0.3 is 4.74 Å². The molecule has 0 aromatic heterocycles. The summed E-state index contributed by atoms with van der Waals surface area (Å²) in [7, 11) is 0. The third-order valence-corrected chi connectivity index (χ3v) is 6.00. The van der Waals surface area contributed by atoms with Crippen LogP contribution in [0.5, 0.6) is 5.75 Å². The molecule has 1 aliphatic carbocycles. The molecule has 1 aromatic carbocycles. The van der Waals surface area contributed by atoms with Gasteiger partial charge in [0.1, 0.15) is 0 Å². The molecule has 0 N–H and O–H groups in total. The maximum absolute atomic E-state index is 14.3. The third-order valence-electron chi connectivity index (χ3n) is 6.00. The zero-order chi connectivity index (χ0) is 18.6. The van der Waals surface area contributed by atoms with E-state index in [0.717, 1.165) is 25.2 Å². The van der Waals surface area contributed by atoms with E-state index < -0.39 is 0 Å². The quantitative estimate of drug-likeness (QED) is 0.342. The second-order valence-corrected chi connectivity index (χ2v) is 8.17. The number of benzene rings is 1. The topological polar surface area (TPSA) is 9.23 Å². The van der Waals surface area contributed by atoms with Gasteiger partial charge in [-0.25, -0.2) is 4.39 Å². The number of halogens is 1. The molecule has 0 atom stereocenters. The highest BCUT2D eigenvalue weighted by Crippen LogP contribution is 2.38. The number of hydrogen-bond acceptors (Lipinski definition) is 1. The van der Waals surface area contributed by atoms with Crippen LogP contribution in [0.3, 0.4) is 0 Å². The van der Waals surface area contributed by atoms with E-state index in [0.29, 0.717) is 18.3 Å². The Hall–Kier alpha value is -1.05. The van der Waals surface area contributed by atoms with Crippen LogP contribution in [0.1, 0.15) is 109 Å². The van der Waals surface area contributed by atoms with Gasteiger partial charge in [0.25, 0.3) is 0 Å². The summed E-state index contributed by atoms with van der Waals surface area (Å²) in [6.07, 6.45) is 16.7. The molecule has 1 aromatic rings. The van der Waals surface area contributed by atoms with Crippen LogP contribution in [0, 0.1) is 11.7 Å². The van der Waals surface area contributed by atoms with Gasteiger partial charge in [-0.2, -0.15) is 0 Å². The summed E-state index contributed by atoms with van der Waals surface area (Å²) >= 11 is 0. The average Bonchev–Trinajstić information content (AvgIpc) is 2.66. The highest BCUT2D eigenvalue weighted by Gasteiger charge is 2.22. The third kappa shape index (κ3) is 7.29. The molecule has 0 unspecified atom stereocenters. The lowest BCUT2D eigenvalue weighted by Crippen LogP contribution is -2.13. The van der Waals surface area contributed by atoms with E-state index in [4.69, 9.17) is 4.74 Å². The predicted octanol–water partition coefficient (Wildman–Crippen LogP) is 8.03. The van der Waals surface area contributed by atoms with Crippen molar-refractivity contribution in [1.29, 1.82) is 0 Å². The lowest BCUT2D eigenvalue weighted by Gasteiger charge is -2.29. The van der Waals surface area contributed by atoms with Crippen molar-refractivity contribution in [2.24, 2.45) is 5.92 Å². The summed E-state index contributed by atoms with van der Waals surface area (Å²) in [6.45, 7) is 5.05. The molecule has 1 fully saturated rings. The Bertz CT molecular complexity index is 491. The zero-order valence-electron chi connectivity index (χ0n) is 17.1. The minimum Gasteiger partial charge on any atom is -0.491 e. The summed E-state index contributed by atoms with van der Waals surface area (Å²) in [6, 6.07) is 5.66. The summed E-state index contributed by atoms with van der Waals surface area (Å²) in [5, 5.41) is 0. The van der Waals surface area contributed by atoms with Gasteiger partial charge in [-0.3, -0.25) is 0 Å². The Morgan fingerprint density at radius 3 is 2.27 bits per heavy atom. The van der Waals surface area contributed by atoms with Crippen molar-refractivity contribution in [3.05, 3.63) is 29.6 Å². The van der Waals surface area contributed by atoms with Crippen LogP contribution in [-0.4, -0.2) is 6.61 Å². The van der Waals surface area contributed by atoms with E-state index in [9.17, 15) is 4.39 Å². The largest absolute Gasteiger partial charge is 0.491 e. The molecule has 2 heteroatoms. The molecule has 1 aliphatic rings. The van der Waals surface area contributed by atoms with Gasteiger partial charge >= 0.3 is 0 Å². The molecule has 0 bridgehead atoms. The van der Waals surface area contributed by atoms with Gasteiger partial charge in [0.15, 0.2) is 11.6 Å². The molecule has 26 heavy (non-hydrogen) atoms. The van der Waals surface area contributed by atoms with Gasteiger partial charge in [-0.05, 0) is 61.6 Å². The minimum atomic E-state index is -0.183. The van der Waals surface area contributed by atoms with Crippen LogP contribution in [0.2, 0.25) is 0 Å². The van der Waals surface area contributed by atoms with E-state index in [1.807, 2.05) is 6.07 Å². The van der Waals surface area contributed by atoms with E-state index >= 15 is 0 Å². The molecular weight excluding hydrogens is 323 g/mol. The van der Waals surface area contributed by atoms with Crippen LogP contribution >= 0.6 is 0 Å². The van der Waals surface area contributed by atoms with Crippen LogP contribution in [-0.2, 0) is 0 Å². The lowest BCUT2D eigenvalue weighted by atomic mass is 9.77. The minimum absolute atomic E-state index is 0.183. The second kappa shape index (κ2) is 12.4. The van der Waals surface area contributed by atoms with Crippen molar-refractivity contribution in [1.82, 2.24) is 0 Å². The summed E-state index contributed by atoms with van der Waals surface area (Å²) in [5.41, 5.74) is 1.17. The number of hydrogen-bond donors (Lipinski definition) is 0. The van der Waals surface area contributed by atoms with Crippen molar-refractivity contribution in [2.75, 3.05) is 6.61 Å². The maximum atomic E-state index is 14.3. The van der Waals surface area contributed by atoms with Crippen LogP contribution in [0.15, 0.2) is 18.2 Å². The molecule has 0 heterocycles. The van der Waals surface area contributed by atoms with Gasteiger partial charge in [-0.1, -0.05) is 71.3 Å². The van der Waals surface area contributed by atoms with Crippen molar-refractivity contribution in [3.63, 3.8) is 0 Å². The Labute approximate surface area is 160 Å². The van der Waals surface area contributed by atoms with E-state index in [2.05, 4.69) is 19.9 Å². The van der Waals surface area contributed by atoms with E-state index in [-0.39, 0.29) is 5.82 Å². The van der Waals surface area contributed by atoms with Crippen LogP contribution < -0.4 is 4.74 Å². The van der Waals surface area contributed by atoms with E-state index in [1.54, 1.807) is 6.07 Å². The van der Waals surface area contributed by atoms with E-state index in [1.165, 1.54) is 69.8 Å². The standard InChI is InChI=1S/C24H39FO/c1-3-5-7-8-9-11-20-12-14-21(15-13-20)22-16-17-24(23(25)19-22)26-18-10-6-4-2/h16-17,19-21H,3-15,18H2,1-2H3/t20-,21-. The van der Waals surface area contributed by atoms with Crippen molar-refractivity contribution < 1.29 is 9.13 Å². The highest BCUT2D eigenvalue weighted by atomic mass is 19.1. The van der Waals surface area contributed by atoms with Crippen LogP contribution in [0.4, 0.5) is 4.39 Å². The fraction of sp³-hybridized carbons (Fsp3) is 0.750. The first-order chi connectivity index (χ1) is 12.7. The van der Waals surface area contributed by atoms with Crippen molar-refractivity contribution in [2.45, 2.75) is 103 Å². The molecule has 0 radical (unpaired) electrons. The maximum Gasteiger partial charge on any atom is 0.165 e. The van der Waals surface area contributed by atoms with Crippen molar-refractivity contribution in [3.8, 4) is 5.75 Å². The Balaban J connectivity index is 1.72. The number of unbranched alkanes of at least 4 members (excludes halogenated alkanes) is 6. The average molecular weight is 363 g/mol. The molecule has 148 valence electrons. The Kier molecular flexibility index (Phi) is 10.1.